The minimum Gasteiger partial charge on any atom is -0.384 e. The molecule has 2 N–H and O–H groups in total. The van der Waals surface area contributed by atoms with Gasteiger partial charge < -0.3 is 10.5 Å². The van der Waals surface area contributed by atoms with Crippen LogP contribution < -0.4 is 5.73 Å². The summed E-state index contributed by atoms with van der Waals surface area (Å²) >= 11 is 0. The number of ether oxygens (including phenoxy) is 1. The molecule has 1 aliphatic heterocycles. The maximum absolute atomic E-state index is 6.01. The average molecular weight is 242 g/mol. The zero-order chi connectivity index (χ0) is 12.9. The van der Waals surface area contributed by atoms with Crippen molar-refractivity contribution in [3.05, 3.63) is 0 Å². The third kappa shape index (κ3) is 4.23. The molecule has 102 valence electrons. The van der Waals surface area contributed by atoms with Gasteiger partial charge in [-0.1, -0.05) is 13.8 Å². The van der Waals surface area contributed by atoms with Gasteiger partial charge in [0.05, 0.1) is 0 Å². The highest BCUT2D eigenvalue weighted by atomic mass is 16.5. The summed E-state index contributed by atoms with van der Waals surface area (Å²) in [5.74, 6) is 1.46. The maximum atomic E-state index is 6.01. The van der Waals surface area contributed by atoms with Crippen molar-refractivity contribution in [3.63, 3.8) is 0 Å². The van der Waals surface area contributed by atoms with Crippen LogP contribution in [0.25, 0.3) is 0 Å². The van der Waals surface area contributed by atoms with Crippen molar-refractivity contribution in [1.82, 2.24) is 4.90 Å². The van der Waals surface area contributed by atoms with E-state index in [1.807, 2.05) is 0 Å². The molecule has 1 atom stereocenters. The minimum atomic E-state index is 0.187. The van der Waals surface area contributed by atoms with Crippen LogP contribution in [0.3, 0.4) is 0 Å². The molecule has 3 nitrogen and oxygen atoms in total. The highest BCUT2D eigenvalue weighted by molar-refractivity contribution is 4.90. The summed E-state index contributed by atoms with van der Waals surface area (Å²) in [7, 11) is 1.80. The second-order valence-electron chi connectivity index (χ2n) is 6.18. The van der Waals surface area contributed by atoms with E-state index in [-0.39, 0.29) is 5.54 Å². The van der Waals surface area contributed by atoms with Gasteiger partial charge in [0.15, 0.2) is 0 Å². The second kappa shape index (κ2) is 6.72. The van der Waals surface area contributed by atoms with Gasteiger partial charge in [-0.2, -0.15) is 0 Å². The standard InChI is InChI=1S/C14H30N2O/c1-12(2)9-14(3,11-15)16-7-5-13(6-8-16)10-17-4/h12-13H,5-11,15H2,1-4H3. The Morgan fingerprint density at radius 1 is 1.35 bits per heavy atom. The SMILES string of the molecule is COCC1CCN(C(C)(CN)CC(C)C)CC1. The molecule has 0 aromatic rings. The van der Waals surface area contributed by atoms with Crippen molar-refractivity contribution in [3.8, 4) is 0 Å². The molecule has 1 rings (SSSR count). The number of hydrogen-bond acceptors (Lipinski definition) is 3. The summed E-state index contributed by atoms with van der Waals surface area (Å²) in [5.41, 5.74) is 6.20. The molecule has 1 heterocycles. The van der Waals surface area contributed by atoms with Gasteiger partial charge in [-0.25, -0.2) is 0 Å². The first-order valence-electron chi connectivity index (χ1n) is 6.96. The van der Waals surface area contributed by atoms with E-state index in [4.69, 9.17) is 10.5 Å². The monoisotopic (exact) mass is 242 g/mol. The van der Waals surface area contributed by atoms with Gasteiger partial charge in [-0.15, -0.1) is 0 Å². The van der Waals surface area contributed by atoms with Gasteiger partial charge in [0, 0.05) is 25.8 Å². The van der Waals surface area contributed by atoms with Crippen LogP contribution in [0.4, 0.5) is 0 Å². The molecule has 17 heavy (non-hydrogen) atoms. The number of piperidine rings is 1. The number of hydrogen-bond donors (Lipinski definition) is 1. The lowest BCUT2D eigenvalue weighted by Gasteiger charge is -2.45. The first kappa shape index (κ1) is 14.9. The molecule has 0 amide bonds. The molecular formula is C14H30N2O. The quantitative estimate of drug-likeness (QED) is 0.775. The van der Waals surface area contributed by atoms with Gasteiger partial charge >= 0.3 is 0 Å². The molecule has 0 saturated carbocycles. The van der Waals surface area contributed by atoms with E-state index in [9.17, 15) is 0 Å². The van der Waals surface area contributed by atoms with Crippen LogP contribution in [0, 0.1) is 11.8 Å². The fourth-order valence-electron chi connectivity index (χ4n) is 3.10. The molecule has 0 spiro atoms. The Bertz CT molecular complexity index is 212. The lowest BCUT2D eigenvalue weighted by Crippen LogP contribution is -2.55. The van der Waals surface area contributed by atoms with Crippen molar-refractivity contribution in [2.45, 2.75) is 45.6 Å². The number of methoxy groups -OCH3 is 1. The van der Waals surface area contributed by atoms with E-state index in [0.717, 1.165) is 19.1 Å². The third-order valence-electron chi connectivity index (χ3n) is 4.07. The Labute approximate surface area is 107 Å². The Balaban J connectivity index is 2.49. The van der Waals surface area contributed by atoms with Crippen LogP contribution >= 0.6 is 0 Å². The van der Waals surface area contributed by atoms with Gasteiger partial charge in [-0.05, 0) is 51.1 Å². The minimum absolute atomic E-state index is 0.187. The average Bonchev–Trinajstić information content (AvgIpc) is 2.29. The number of nitrogens with zero attached hydrogens (tertiary/aromatic N) is 1. The zero-order valence-corrected chi connectivity index (χ0v) is 12.0. The highest BCUT2D eigenvalue weighted by Gasteiger charge is 2.33. The van der Waals surface area contributed by atoms with Crippen molar-refractivity contribution in [2.24, 2.45) is 17.6 Å². The molecule has 1 saturated heterocycles. The summed E-state index contributed by atoms with van der Waals surface area (Å²) in [4.78, 5) is 2.60. The molecule has 3 heteroatoms. The summed E-state index contributed by atoms with van der Waals surface area (Å²) < 4.78 is 5.25. The van der Waals surface area contributed by atoms with Gasteiger partial charge in [-0.3, -0.25) is 4.90 Å². The molecule has 0 bridgehead atoms. The maximum Gasteiger partial charge on any atom is 0.0491 e. The van der Waals surface area contributed by atoms with E-state index in [1.54, 1.807) is 7.11 Å². The lowest BCUT2D eigenvalue weighted by molar-refractivity contribution is 0.0321. The Morgan fingerprint density at radius 3 is 2.35 bits per heavy atom. The Morgan fingerprint density at radius 2 is 1.94 bits per heavy atom. The molecule has 0 radical (unpaired) electrons. The number of nitrogens with two attached hydrogens (primary N) is 1. The normalized spacial score (nSPS) is 22.9. The molecule has 0 aromatic carbocycles. The molecule has 1 unspecified atom stereocenters. The first-order chi connectivity index (χ1) is 8.01. The topological polar surface area (TPSA) is 38.5 Å². The second-order valence-corrected chi connectivity index (χ2v) is 6.18. The predicted octanol–water partition coefficient (Wildman–Crippen LogP) is 2.11. The zero-order valence-electron chi connectivity index (χ0n) is 12.0. The van der Waals surface area contributed by atoms with E-state index in [0.29, 0.717) is 5.92 Å². The molecule has 0 aromatic heterocycles. The molecule has 0 aliphatic carbocycles. The van der Waals surface area contributed by atoms with E-state index in [1.165, 1.54) is 32.4 Å². The van der Waals surface area contributed by atoms with Crippen molar-refractivity contribution in [1.29, 1.82) is 0 Å². The van der Waals surface area contributed by atoms with Crippen LogP contribution in [-0.2, 0) is 4.74 Å². The lowest BCUT2D eigenvalue weighted by atomic mass is 9.86. The summed E-state index contributed by atoms with van der Waals surface area (Å²) in [6, 6.07) is 0. The van der Waals surface area contributed by atoms with Crippen molar-refractivity contribution in [2.75, 3.05) is 33.4 Å². The first-order valence-corrected chi connectivity index (χ1v) is 6.96. The molecular weight excluding hydrogens is 212 g/mol. The van der Waals surface area contributed by atoms with Gasteiger partial charge in [0.25, 0.3) is 0 Å². The predicted molar refractivity (Wildman–Crippen MR) is 73.1 cm³/mol. The largest absolute Gasteiger partial charge is 0.384 e. The van der Waals surface area contributed by atoms with E-state index < -0.39 is 0 Å². The smallest absolute Gasteiger partial charge is 0.0491 e. The summed E-state index contributed by atoms with van der Waals surface area (Å²) in [5, 5.41) is 0. The van der Waals surface area contributed by atoms with E-state index in [2.05, 4.69) is 25.7 Å². The van der Waals surface area contributed by atoms with Crippen LogP contribution in [0.2, 0.25) is 0 Å². The highest BCUT2D eigenvalue weighted by Crippen LogP contribution is 2.28. The molecule has 1 fully saturated rings. The van der Waals surface area contributed by atoms with Crippen LogP contribution in [0.1, 0.15) is 40.0 Å². The van der Waals surface area contributed by atoms with Crippen molar-refractivity contribution >= 4 is 0 Å². The van der Waals surface area contributed by atoms with E-state index >= 15 is 0 Å². The third-order valence-corrected chi connectivity index (χ3v) is 4.07. The van der Waals surface area contributed by atoms with Gasteiger partial charge in [0.2, 0.25) is 0 Å². The summed E-state index contributed by atoms with van der Waals surface area (Å²) in [6.45, 7) is 10.9. The fraction of sp³-hybridized carbons (Fsp3) is 1.00. The van der Waals surface area contributed by atoms with Gasteiger partial charge in [0.1, 0.15) is 0 Å². The number of rotatable bonds is 6. The summed E-state index contributed by atoms with van der Waals surface area (Å²) in [6.07, 6.45) is 3.70. The fourth-order valence-corrected chi connectivity index (χ4v) is 3.10. The number of likely N-dealkylation sites (tertiary alicyclic amines) is 1. The van der Waals surface area contributed by atoms with Crippen molar-refractivity contribution < 1.29 is 4.74 Å². The Kier molecular flexibility index (Phi) is 5.90. The van der Waals surface area contributed by atoms with Crippen LogP contribution in [0.15, 0.2) is 0 Å². The van der Waals surface area contributed by atoms with Crippen LogP contribution in [0.5, 0.6) is 0 Å². The van der Waals surface area contributed by atoms with Crippen LogP contribution in [-0.4, -0.2) is 43.8 Å². The Hall–Kier alpha value is -0.120. The molecule has 1 aliphatic rings.